The van der Waals surface area contributed by atoms with Crippen molar-refractivity contribution in [3.05, 3.63) is 0 Å². The molecule has 1 unspecified atom stereocenters. The lowest BCUT2D eigenvalue weighted by Crippen LogP contribution is -2.53. The summed E-state index contributed by atoms with van der Waals surface area (Å²) in [5.74, 6) is 3.31. The molecular formula is C18H32N2. The van der Waals surface area contributed by atoms with Crippen LogP contribution in [0.15, 0.2) is 0 Å². The highest BCUT2D eigenvalue weighted by atomic mass is 15.2. The minimum absolute atomic E-state index is 0.729. The van der Waals surface area contributed by atoms with Crippen LogP contribution in [0.5, 0.6) is 0 Å². The van der Waals surface area contributed by atoms with E-state index in [2.05, 4.69) is 17.1 Å². The van der Waals surface area contributed by atoms with E-state index in [1.165, 1.54) is 39.0 Å². The molecule has 2 heteroatoms. The molecule has 0 spiro atoms. The van der Waals surface area contributed by atoms with Crippen LogP contribution < -0.4 is 5.32 Å². The van der Waals surface area contributed by atoms with E-state index in [4.69, 9.17) is 0 Å². The van der Waals surface area contributed by atoms with Gasteiger partial charge in [0, 0.05) is 19.1 Å². The van der Waals surface area contributed by atoms with Crippen molar-refractivity contribution in [1.82, 2.24) is 10.2 Å². The highest BCUT2D eigenvalue weighted by molar-refractivity contribution is 5.03. The summed E-state index contributed by atoms with van der Waals surface area (Å²) in [4.78, 5) is 2.88. The number of hydrogen-bond acceptors (Lipinski definition) is 2. The van der Waals surface area contributed by atoms with Gasteiger partial charge < -0.3 is 5.32 Å². The van der Waals surface area contributed by atoms with Crippen LogP contribution in [0.2, 0.25) is 0 Å². The van der Waals surface area contributed by atoms with Crippen molar-refractivity contribution in [2.45, 2.75) is 64.3 Å². The Morgan fingerprint density at radius 3 is 2.20 bits per heavy atom. The summed E-state index contributed by atoms with van der Waals surface area (Å²) in [5.41, 5.74) is 0.729. The topological polar surface area (TPSA) is 15.3 Å². The Hall–Kier alpha value is -0.0800. The van der Waals surface area contributed by atoms with Crippen molar-refractivity contribution < 1.29 is 0 Å². The zero-order chi connectivity index (χ0) is 13.6. The molecule has 2 nitrogen and oxygen atoms in total. The van der Waals surface area contributed by atoms with Crippen LogP contribution >= 0.6 is 0 Å². The maximum atomic E-state index is 3.58. The maximum absolute atomic E-state index is 3.58. The Morgan fingerprint density at radius 2 is 1.70 bits per heavy atom. The van der Waals surface area contributed by atoms with Gasteiger partial charge in [0.05, 0.1) is 0 Å². The zero-order valence-electron chi connectivity index (χ0n) is 13.2. The monoisotopic (exact) mass is 276 g/mol. The molecule has 4 aliphatic carbocycles. The lowest BCUT2D eigenvalue weighted by molar-refractivity contribution is -0.0735. The third-order valence-corrected chi connectivity index (χ3v) is 6.77. The van der Waals surface area contributed by atoms with Gasteiger partial charge in [-0.2, -0.15) is 0 Å². The lowest BCUT2D eigenvalue weighted by Gasteiger charge is -2.58. The second kappa shape index (κ2) is 5.28. The second-order valence-corrected chi connectivity index (χ2v) is 8.53. The first-order valence-electron chi connectivity index (χ1n) is 9.21. The van der Waals surface area contributed by atoms with E-state index in [0.717, 1.165) is 29.2 Å². The average molecular weight is 276 g/mol. The summed E-state index contributed by atoms with van der Waals surface area (Å²) >= 11 is 0. The first-order chi connectivity index (χ1) is 9.76. The largest absolute Gasteiger partial charge is 0.315 e. The van der Waals surface area contributed by atoms with Gasteiger partial charge in [-0.05, 0) is 87.6 Å². The number of nitrogens with one attached hydrogen (secondary N) is 1. The first kappa shape index (κ1) is 13.6. The van der Waals surface area contributed by atoms with Gasteiger partial charge in [0.25, 0.3) is 0 Å². The molecule has 5 aliphatic rings. The van der Waals surface area contributed by atoms with Crippen LogP contribution in [0.3, 0.4) is 0 Å². The summed E-state index contributed by atoms with van der Waals surface area (Å²) in [6, 6.07) is 0.836. The highest BCUT2D eigenvalue weighted by Gasteiger charge is 2.51. The summed E-state index contributed by atoms with van der Waals surface area (Å²) in [6.45, 7) is 7.60. The SMILES string of the molecule is CCCN(CC12CC3CC(CC(C3)C1)C2)C1CCNC1. The van der Waals surface area contributed by atoms with E-state index in [0.29, 0.717) is 0 Å². The van der Waals surface area contributed by atoms with Gasteiger partial charge in [-0.25, -0.2) is 0 Å². The van der Waals surface area contributed by atoms with E-state index < -0.39 is 0 Å². The molecule has 4 saturated carbocycles. The van der Waals surface area contributed by atoms with Crippen LogP contribution in [0.25, 0.3) is 0 Å². The molecule has 4 bridgehead atoms. The van der Waals surface area contributed by atoms with E-state index in [-0.39, 0.29) is 0 Å². The van der Waals surface area contributed by atoms with E-state index in [9.17, 15) is 0 Å². The van der Waals surface area contributed by atoms with Crippen molar-refractivity contribution in [3.63, 3.8) is 0 Å². The lowest BCUT2D eigenvalue weighted by atomic mass is 9.49. The van der Waals surface area contributed by atoms with Crippen LogP contribution in [-0.4, -0.2) is 37.1 Å². The summed E-state index contributed by atoms with van der Waals surface area (Å²) in [6.07, 6.45) is 12.2. The van der Waals surface area contributed by atoms with E-state index >= 15 is 0 Å². The van der Waals surface area contributed by atoms with Gasteiger partial charge in [-0.3, -0.25) is 4.90 Å². The van der Waals surface area contributed by atoms with Crippen LogP contribution in [-0.2, 0) is 0 Å². The van der Waals surface area contributed by atoms with Crippen molar-refractivity contribution in [3.8, 4) is 0 Å². The average Bonchev–Trinajstić information content (AvgIpc) is 2.90. The predicted octanol–water partition coefficient (Wildman–Crippen LogP) is 3.28. The second-order valence-electron chi connectivity index (χ2n) is 8.53. The predicted molar refractivity (Wildman–Crippen MR) is 83.7 cm³/mol. The van der Waals surface area contributed by atoms with Gasteiger partial charge in [0.1, 0.15) is 0 Å². The molecule has 114 valence electrons. The molecule has 5 fully saturated rings. The normalized spacial score (nSPS) is 46.5. The first-order valence-corrected chi connectivity index (χ1v) is 9.21. The number of rotatable bonds is 5. The minimum Gasteiger partial charge on any atom is -0.315 e. The smallest absolute Gasteiger partial charge is 0.0232 e. The zero-order valence-corrected chi connectivity index (χ0v) is 13.2. The van der Waals surface area contributed by atoms with Crippen molar-refractivity contribution in [1.29, 1.82) is 0 Å². The Balaban J connectivity index is 1.48. The molecular weight excluding hydrogens is 244 g/mol. The summed E-state index contributed by atoms with van der Waals surface area (Å²) < 4.78 is 0. The Morgan fingerprint density at radius 1 is 1.05 bits per heavy atom. The van der Waals surface area contributed by atoms with E-state index in [1.54, 1.807) is 38.5 Å². The molecule has 0 aromatic rings. The van der Waals surface area contributed by atoms with E-state index in [1.807, 2.05) is 0 Å². The summed E-state index contributed by atoms with van der Waals surface area (Å²) in [7, 11) is 0. The highest BCUT2D eigenvalue weighted by Crippen LogP contribution is 2.60. The minimum atomic E-state index is 0.729. The molecule has 0 aromatic carbocycles. The standard InChI is InChI=1S/C18H32N2/c1-2-5-20(17-3-4-19-12-17)13-18-9-14-6-15(10-18)8-16(7-14)11-18/h14-17,19H,2-13H2,1H3. The number of nitrogens with zero attached hydrogens (tertiary/aromatic N) is 1. The molecule has 1 atom stereocenters. The molecule has 1 aliphatic heterocycles. The fourth-order valence-corrected chi connectivity index (χ4v) is 6.54. The molecule has 1 saturated heterocycles. The van der Waals surface area contributed by atoms with Gasteiger partial charge >= 0.3 is 0 Å². The third-order valence-electron chi connectivity index (χ3n) is 6.77. The quantitative estimate of drug-likeness (QED) is 0.829. The Kier molecular flexibility index (Phi) is 3.58. The molecule has 0 amide bonds. The van der Waals surface area contributed by atoms with Gasteiger partial charge in [0.15, 0.2) is 0 Å². The fraction of sp³-hybridized carbons (Fsp3) is 1.00. The maximum Gasteiger partial charge on any atom is 0.0232 e. The molecule has 20 heavy (non-hydrogen) atoms. The van der Waals surface area contributed by atoms with Crippen LogP contribution in [0, 0.1) is 23.2 Å². The molecule has 1 N–H and O–H groups in total. The molecule has 0 aromatic heterocycles. The van der Waals surface area contributed by atoms with Gasteiger partial charge in [-0.15, -0.1) is 0 Å². The van der Waals surface area contributed by atoms with Gasteiger partial charge in [-0.1, -0.05) is 6.92 Å². The third kappa shape index (κ3) is 2.43. The van der Waals surface area contributed by atoms with Crippen molar-refractivity contribution in [2.75, 3.05) is 26.2 Å². The molecule has 5 rings (SSSR count). The Bertz CT molecular complexity index is 310. The van der Waals surface area contributed by atoms with Crippen molar-refractivity contribution in [2.24, 2.45) is 23.2 Å². The van der Waals surface area contributed by atoms with Crippen LogP contribution in [0.4, 0.5) is 0 Å². The molecule has 1 heterocycles. The summed E-state index contributed by atoms with van der Waals surface area (Å²) in [5, 5.41) is 3.58. The number of hydrogen-bond donors (Lipinski definition) is 1. The molecule has 0 radical (unpaired) electrons. The Labute approximate surface area is 124 Å². The van der Waals surface area contributed by atoms with Crippen molar-refractivity contribution >= 4 is 0 Å². The van der Waals surface area contributed by atoms with Gasteiger partial charge in [0.2, 0.25) is 0 Å². The fourth-order valence-electron chi connectivity index (χ4n) is 6.54. The van der Waals surface area contributed by atoms with Crippen LogP contribution in [0.1, 0.15) is 58.3 Å².